The highest BCUT2D eigenvalue weighted by Gasteiger charge is 2.41. The molecule has 0 N–H and O–H groups in total. The molecular formula is C28H20N4O4. The van der Waals surface area contributed by atoms with Crippen molar-refractivity contribution in [1.29, 1.82) is 0 Å². The lowest BCUT2D eigenvalue weighted by Crippen LogP contribution is -2.44. The largest absolute Gasteiger partial charge is 0.268 e. The van der Waals surface area contributed by atoms with Gasteiger partial charge in [-0.15, -0.1) is 0 Å². The Morgan fingerprint density at radius 2 is 0.861 bits per heavy atom. The lowest BCUT2D eigenvalue weighted by atomic mass is 9.86. The standard InChI is InChI=1S/C28H20N4O4/c1-3-15-7-5-9-21(29-15)31-25(33)17-11-13-19-24-20(14-12-18(23(17)24)26(31)34)28(36)32(27(19)35)22-10-6-8-16(4-2)30-22/h5-14H,3-4H2,1-2H3. The van der Waals surface area contributed by atoms with Crippen LogP contribution in [0.2, 0.25) is 0 Å². The molecule has 4 heterocycles. The van der Waals surface area contributed by atoms with Gasteiger partial charge in [0.25, 0.3) is 23.6 Å². The third-order valence-corrected chi connectivity index (χ3v) is 6.66. The Balaban J connectivity index is 1.53. The second kappa shape index (κ2) is 7.91. The van der Waals surface area contributed by atoms with Crippen LogP contribution in [0.25, 0.3) is 10.8 Å². The Bertz CT molecular complexity index is 1470. The van der Waals surface area contributed by atoms with Gasteiger partial charge in [-0.1, -0.05) is 26.0 Å². The highest BCUT2D eigenvalue weighted by molar-refractivity contribution is 6.41. The lowest BCUT2D eigenvalue weighted by molar-refractivity contribution is 0.0871. The van der Waals surface area contributed by atoms with Gasteiger partial charge in [0.2, 0.25) is 0 Å². The van der Waals surface area contributed by atoms with Gasteiger partial charge in [0.15, 0.2) is 0 Å². The molecule has 176 valence electrons. The van der Waals surface area contributed by atoms with Crippen LogP contribution in [-0.2, 0) is 12.8 Å². The van der Waals surface area contributed by atoms with Crippen molar-refractivity contribution in [3.63, 3.8) is 0 Å². The molecule has 0 fully saturated rings. The van der Waals surface area contributed by atoms with Crippen molar-refractivity contribution in [2.24, 2.45) is 0 Å². The number of rotatable bonds is 4. The molecule has 0 spiro atoms. The van der Waals surface area contributed by atoms with E-state index in [0.717, 1.165) is 21.2 Å². The summed E-state index contributed by atoms with van der Waals surface area (Å²) in [5, 5.41) is 0.638. The zero-order valence-corrected chi connectivity index (χ0v) is 19.6. The van der Waals surface area contributed by atoms with Gasteiger partial charge in [0.1, 0.15) is 11.6 Å². The number of benzene rings is 2. The first kappa shape index (κ1) is 21.8. The van der Waals surface area contributed by atoms with Crippen molar-refractivity contribution in [2.75, 3.05) is 9.80 Å². The summed E-state index contributed by atoms with van der Waals surface area (Å²) in [4.78, 5) is 65.2. The van der Waals surface area contributed by atoms with Crippen molar-refractivity contribution in [3.8, 4) is 0 Å². The molecule has 2 aliphatic rings. The van der Waals surface area contributed by atoms with Crippen LogP contribution in [0, 0.1) is 0 Å². The Morgan fingerprint density at radius 1 is 0.528 bits per heavy atom. The summed E-state index contributed by atoms with van der Waals surface area (Å²) >= 11 is 0. The molecule has 8 heteroatoms. The molecule has 6 rings (SSSR count). The van der Waals surface area contributed by atoms with Gasteiger partial charge in [-0.05, 0) is 61.4 Å². The molecule has 4 aromatic rings. The second-order valence-electron chi connectivity index (χ2n) is 8.64. The molecule has 0 radical (unpaired) electrons. The molecule has 2 aliphatic heterocycles. The molecule has 2 aromatic heterocycles. The van der Waals surface area contributed by atoms with Gasteiger partial charge in [-0.25, -0.2) is 19.8 Å². The van der Waals surface area contributed by atoms with E-state index in [4.69, 9.17) is 0 Å². The van der Waals surface area contributed by atoms with Crippen LogP contribution in [0.4, 0.5) is 11.6 Å². The van der Waals surface area contributed by atoms with Crippen LogP contribution in [0.15, 0.2) is 60.7 Å². The van der Waals surface area contributed by atoms with Gasteiger partial charge in [0.05, 0.1) is 0 Å². The molecule has 0 saturated heterocycles. The number of imide groups is 2. The van der Waals surface area contributed by atoms with E-state index in [0.29, 0.717) is 23.6 Å². The van der Waals surface area contributed by atoms with Crippen LogP contribution in [-0.4, -0.2) is 33.6 Å². The van der Waals surface area contributed by atoms with Crippen molar-refractivity contribution in [1.82, 2.24) is 9.97 Å². The predicted octanol–water partition coefficient (Wildman–Crippen LogP) is 4.36. The molecule has 36 heavy (non-hydrogen) atoms. The molecular weight excluding hydrogens is 456 g/mol. The summed E-state index contributed by atoms with van der Waals surface area (Å²) in [6, 6.07) is 16.6. The Kier molecular flexibility index (Phi) is 4.79. The van der Waals surface area contributed by atoms with E-state index in [1.165, 1.54) is 24.3 Å². The van der Waals surface area contributed by atoms with E-state index >= 15 is 0 Å². The van der Waals surface area contributed by atoms with Gasteiger partial charge in [-0.2, -0.15) is 0 Å². The third kappa shape index (κ3) is 2.94. The smallest absolute Gasteiger partial charge is 0.267 e. The number of carbonyl (C=O) groups is 4. The fourth-order valence-electron chi connectivity index (χ4n) is 4.87. The minimum absolute atomic E-state index is 0.239. The number of pyridine rings is 2. The molecule has 2 aromatic carbocycles. The van der Waals surface area contributed by atoms with Crippen LogP contribution in [0.3, 0.4) is 0 Å². The van der Waals surface area contributed by atoms with E-state index in [-0.39, 0.29) is 33.9 Å². The summed E-state index contributed by atoms with van der Waals surface area (Å²) in [6.07, 6.45) is 1.30. The van der Waals surface area contributed by atoms with Crippen LogP contribution in [0.1, 0.15) is 66.7 Å². The lowest BCUT2D eigenvalue weighted by Gasteiger charge is -2.31. The topological polar surface area (TPSA) is 101 Å². The zero-order valence-electron chi connectivity index (χ0n) is 19.6. The quantitative estimate of drug-likeness (QED) is 0.406. The maximum absolute atomic E-state index is 13.5. The van der Waals surface area contributed by atoms with E-state index in [9.17, 15) is 19.2 Å². The number of nitrogens with zero attached hydrogens (tertiary/aromatic N) is 4. The Morgan fingerprint density at radius 3 is 1.17 bits per heavy atom. The van der Waals surface area contributed by atoms with Crippen LogP contribution in [0.5, 0.6) is 0 Å². The van der Waals surface area contributed by atoms with Gasteiger partial charge >= 0.3 is 0 Å². The fraction of sp³-hybridized carbons (Fsp3) is 0.143. The summed E-state index contributed by atoms with van der Waals surface area (Å²) in [6.45, 7) is 3.88. The third-order valence-electron chi connectivity index (χ3n) is 6.66. The predicted molar refractivity (Wildman–Crippen MR) is 133 cm³/mol. The zero-order chi connectivity index (χ0) is 25.1. The minimum atomic E-state index is -0.545. The summed E-state index contributed by atoms with van der Waals surface area (Å²) in [5.41, 5.74) is 2.48. The van der Waals surface area contributed by atoms with Crippen LogP contribution >= 0.6 is 0 Å². The Hall–Kier alpha value is -4.72. The van der Waals surface area contributed by atoms with Gasteiger partial charge in [0, 0.05) is 44.4 Å². The minimum Gasteiger partial charge on any atom is -0.268 e. The van der Waals surface area contributed by atoms with Crippen molar-refractivity contribution >= 4 is 46.0 Å². The first-order valence-electron chi connectivity index (χ1n) is 11.7. The summed E-state index contributed by atoms with van der Waals surface area (Å²) in [5.74, 6) is -1.70. The normalized spacial score (nSPS) is 14.7. The van der Waals surface area contributed by atoms with Gasteiger partial charge in [-0.3, -0.25) is 19.2 Å². The number of amides is 4. The molecule has 0 aliphatic carbocycles. The molecule has 8 nitrogen and oxygen atoms in total. The average molecular weight is 476 g/mol. The first-order valence-corrected chi connectivity index (χ1v) is 11.7. The number of aryl methyl sites for hydroxylation is 2. The van der Waals surface area contributed by atoms with Crippen LogP contribution < -0.4 is 9.80 Å². The number of aromatic nitrogens is 2. The monoisotopic (exact) mass is 476 g/mol. The van der Waals surface area contributed by atoms with Crippen molar-refractivity contribution in [2.45, 2.75) is 26.7 Å². The summed E-state index contributed by atoms with van der Waals surface area (Å²) < 4.78 is 0. The second-order valence-corrected chi connectivity index (χ2v) is 8.64. The molecule has 4 amide bonds. The maximum atomic E-state index is 13.5. The van der Waals surface area contributed by atoms with E-state index in [1.54, 1.807) is 24.3 Å². The molecule has 0 bridgehead atoms. The van der Waals surface area contributed by atoms with Gasteiger partial charge < -0.3 is 0 Å². The fourth-order valence-corrected chi connectivity index (χ4v) is 4.87. The number of anilines is 2. The van der Waals surface area contributed by atoms with Crippen molar-refractivity contribution < 1.29 is 19.2 Å². The first-order chi connectivity index (χ1) is 17.4. The summed E-state index contributed by atoms with van der Waals surface area (Å²) in [7, 11) is 0. The van der Waals surface area contributed by atoms with E-state index < -0.39 is 23.6 Å². The van der Waals surface area contributed by atoms with E-state index in [2.05, 4.69) is 9.97 Å². The highest BCUT2D eigenvalue weighted by Crippen LogP contribution is 2.39. The Labute approximate surface area is 206 Å². The molecule has 0 atom stereocenters. The molecule has 0 unspecified atom stereocenters. The maximum Gasteiger partial charge on any atom is 0.267 e. The van der Waals surface area contributed by atoms with Crippen molar-refractivity contribution in [3.05, 3.63) is 94.3 Å². The highest BCUT2D eigenvalue weighted by atomic mass is 16.2. The average Bonchev–Trinajstić information content (AvgIpc) is 2.91. The number of hydrogen-bond donors (Lipinski definition) is 0. The van der Waals surface area contributed by atoms with E-state index in [1.807, 2.05) is 26.0 Å². The molecule has 0 saturated carbocycles. The SMILES string of the molecule is CCc1cccc(N2C(=O)c3ccc4c5c(ccc(c35)C2=O)C(=O)N(c2cccc(CC)n2)C4=O)n1. The number of carbonyl (C=O) groups excluding carboxylic acids is 4. The number of hydrogen-bond acceptors (Lipinski definition) is 6.